The Morgan fingerprint density at radius 1 is 1.31 bits per heavy atom. The highest BCUT2D eigenvalue weighted by Gasteiger charge is 2.32. The van der Waals surface area contributed by atoms with Crippen molar-refractivity contribution in [1.82, 2.24) is 14.8 Å². The van der Waals surface area contributed by atoms with Crippen LogP contribution < -0.4 is 0 Å². The van der Waals surface area contributed by atoms with E-state index in [0.29, 0.717) is 36.6 Å². The number of fused-ring (bicyclic) bond motifs is 1. The third-order valence-corrected chi connectivity index (χ3v) is 6.37. The minimum Gasteiger partial charge on any atom is -0.438 e. The number of hydrogen-bond donors (Lipinski definition) is 0. The van der Waals surface area contributed by atoms with E-state index >= 15 is 0 Å². The van der Waals surface area contributed by atoms with Gasteiger partial charge in [0.15, 0.2) is 6.39 Å². The van der Waals surface area contributed by atoms with E-state index in [2.05, 4.69) is 34.1 Å². The van der Waals surface area contributed by atoms with Crippen LogP contribution in [0.15, 0.2) is 35.1 Å². The SMILES string of the molecule is COCCN(CC1CCCN(C2Cc3ccccc3C2)C1)C(=O)c1ocnc1C. The Kier molecular flexibility index (Phi) is 6.31. The van der Waals surface area contributed by atoms with E-state index in [-0.39, 0.29) is 5.91 Å². The van der Waals surface area contributed by atoms with Crippen molar-refractivity contribution < 1.29 is 13.9 Å². The van der Waals surface area contributed by atoms with Gasteiger partial charge < -0.3 is 14.1 Å². The van der Waals surface area contributed by atoms with Crippen LogP contribution in [0, 0.1) is 12.8 Å². The predicted octanol–water partition coefficient (Wildman–Crippen LogP) is 2.95. The number of amides is 1. The molecule has 29 heavy (non-hydrogen) atoms. The molecule has 1 saturated heterocycles. The molecule has 1 unspecified atom stereocenters. The zero-order valence-electron chi connectivity index (χ0n) is 17.5. The molecule has 0 radical (unpaired) electrons. The normalized spacial score (nSPS) is 20.0. The van der Waals surface area contributed by atoms with Crippen LogP contribution in [-0.4, -0.2) is 66.6 Å². The fourth-order valence-corrected chi connectivity index (χ4v) is 4.81. The van der Waals surface area contributed by atoms with Gasteiger partial charge in [-0.25, -0.2) is 4.98 Å². The number of benzene rings is 1. The van der Waals surface area contributed by atoms with E-state index in [4.69, 9.17) is 9.15 Å². The van der Waals surface area contributed by atoms with Crippen LogP contribution in [0.2, 0.25) is 0 Å². The van der Waals surface area contributed by atoms with E-state index in [9.17, 15) is 4.79 Å². The minimum absolute atomic E-state index is 0.0811. The highest BCUT2D eigenvalue weighted by Crippen LogP contribution is 2.29. The minimum atomic E-state index is -0.0811. The molecule has 0 N–H and O–H groups in total. The van der Waals surface area contributed by atoms with E-state index in [1.807, 2.05) is 11.8 Å². The summed E-state index contributed by atoms with van der Waals surface area (Å²) in [6, 6.07) is 9.41. The Balaban J connectivity index is 1.40. The van der Waals surface area contributed by atoms with Crippen molar-refractivity contribution in [2.75, 3.05) is 39.9 Å². The van der Waals surface area contributed by atoms with Crippen molar-refractivity contribution >= 4 is 5.91 Å². The largest absolute Gasteiger partial charge is 0.438 e. The summed E-state index contributed by atoms with van der Waals surface area (Å²) in [4.78, 5) is 21.6. The molecule has 1 aromatic carbocycles. The lowest BCUT2D eigenvalue weighted by atomic mass is 9.95. The molecule has 0 saturated carbocycles. The molecule has 0 spiro atoms. The maximum absolute atomic E-state index is 13.0. The zero-order valence-corrected chi connectivity index (χ0v) is 17.5. The van der Waals surface area contributed by atoms with Crippen molar-refractivity contribution in [3.05, 3.63) is 53.2 Å². The lowest BCUT2D eigenvalue weighted by molar-refractivity contribution is 0.0546. The monoisotopic (exact) mass is 397 g/mol. The third-order valence-electron chi connectivity index (χ3n) is 6.37. The Hall–Kier alpha value is -2.18. The quantitative estimate of drug-likeness (QED) is 0.719. The summed E-state index contributed by atoms with van der Waals surface area (Å²) in [5.41, 5.74) is 3.64. The van der Waals surface area contributed by atoms with Gasteiger partial charge in [-0.15, -0.1) is 0 Å². The average molecular weight is 398 g/mol. The van der Waals surface area contributed by atoms with E-state index in [0.717, 1.165) is 38.9 Å². The summed E-state index contributed by atoms with van der Waals surface area (Å²) in [6.07, 6.45) is 5.98. The maximum atomic E-state index is 13.0. The molecule has 1 atom stereocenters. The first-order chi connectivity index (χ1) is 14.2. The smallest absolute Gasteiger partial charge is 0.291 e. The topological polar surface area (TPSA) is 58.8 Å². The second-order valence-corrected chi connectivity index (χ2v) is 8.34. The van der Waals surface area contributed by atoms with Gasteiger partial charge in [0.25, 0.3) is 5.91 Å². The Labute approximate surface area is 172 Å². The molecule has 2 aromatic rings. The number of oxazole rings is 1. The van der Waals surface area contributed by atoms with Gasteiger partial charge in [0.2, 0.25) is 5.76 Å². The van der Waals surface area contributed by atoms with Crippen molar-refractivity contribution in [3.8, 4) is 0 Å². The second-order valence-electron chi connectivity index (χ2n) is 8.34. The third kappa shape index (κ3) is 4.54. The predicted molar refractivity (Wildman–Crippen MR) is 111 cm³/mol. The Morgan fingerprint density at radius 2 is 2.07 bits per heavy atom. The number of rotatable bonds is 7. The van der Waals surface area contributed by atoms with Gasteiger partial charge in [-0.2, -0.15) is 0 Å². The fraction of sp³-hybridized carbons (Fsp3) is 0.565. The number of nitrogens with zero attached hydrogens (tertiary/aromatic N) is 3. The van der Waals surface area contributed by atoms with Crippen LogP contribution >= 0.6 is 0 Å². The number of aryl methyl sites for hydroxylation is 1. The summed E-state index contributed by atoms with van der Waals surface area (Å²) >= 11 is 0. The van der Waals surface area contributed by atoms with Crippen LogP contribution in [0.25, 0.3) is 0 Å². The first kappa shape index (κ1) is 20.1. The number of aromatic nitrogens is 1. The van der Waals surface area contributed by atoms with Gasteiger partial charge in [-0.05, 0) is 56.2 Å². The molecule has 1 aliphatic heterocycles. The maximum Gasteiger partial charge on any atom is 0.291 e. The molecule has 1 fully saturated rings. The number of likely N-dealkylation sites (tertiary alicyclic amines) is 1. The molecule has 1 amide bonds. The van der Waals surface area contributed by atoms with Crippen molar-refractivity contribution in [3.63, 3.8) is 0 Å². The summed E-state index contributed by atoms with van der Waals surface area (Å²) < 4.78 is 10.6. The van der Waals surface area contributed by atoms with E-state index in [1.165, 1.54) is 23.9 Å². The molecule has 6 nitrogen and oxygen atoms in total. The molecule has 2 heterocycles. The number of ether oxygens (including phenoxy) is 1. The first-order valence-corrected chi connectivity index (χ1v) is 10.6. The van der Waals surface area contributed by atoms with Gasteiger partial charge in [0, 0.05) is 32.8 Å². The van der Waals surface area contributed by atoms with E-state index < -0.39 is 0 Å². The van der Waals surface area contributed by atoms with Crippen LogP contribution in [0.4, 0.5) is 0 Å². The molecule has 2 aliphatic rings. The highest BCUT2D eigenvalue weighted by molar-refractivity contribution is 5.92. The van der Waals surface area contributed by atoms with Crippen LogP contribution in [0.5, 0.6) is 0 Å². The highest BCUT2D eigenvalue weighted by atomic mass is 16.5. The molecule has 0 bridgehead atoms. The van der Waals surface area contributed by atoms with Crippen molar-refractivity contribution in [1.29, 1.82) is 0 Å². The Bertz CT molecular complexity index is 809. The summed E-state index contributed by atoms with van der Waals surface area (Å²) in [6.45, 7) is 5.84. The number of carbonyl (C=O) groups excluding carboxylic acids is 1. The van der Waals surface area contributed by atoms with Crippen LogP contribution in [0.1, 0.15) is 40.2 Å². The van der Waals surface area contributed by atoms with Crippen LogP contribution in [0.3, 0.4) is 0 Å². The molecular formula is C23H31N3O3. The van der Waals surface area contributed by atoms with Gasteiger partial charge in [-0.3, -0.25) is 9.69 Å². The fourth-order valence-electron chi connectivity index (χ4n) is 4.81. The lowest BCUT2D eigenvalue weighted by Crippen LogP contribution is -2.47. The number of methoxy groups -OCH3 is 1. The van der Waals surface area contributed by atoms with Crippen molar-refractivity contribution in [2.45, 2.75) is 38.6 Å². The second kappa shape index (κ2) is 9.09. The Morgan fingerprint density at radius 3 is 2.72 bits per heavy atom. The molecule has 1 aromatic heterocycles. The van der Waals surface area contributed by atoms with Gasteiger partial charge in [0.1, 0.15) is 0 Å². The molecule has 156 valence electrons. The zero-order chi connectivity index (χ0) is 20.2. The number of carbonyl (C=O) groups is 1. The standard InChI is InChI=1S/C23H31N3O3/c1-17-22(29-16-24-17)23(27)26(10-11-28-2)15-18-6-5-9-25(14-18)21-12-19-7-3-4-8-20(19)13-21/h3-4,7-8,16,18,21H,5-6,9-15H2,1-2H3. The lowest BCUT2D eigenvalue weighted by Gasteiger charge is -2.38. The average Bonchev–Trinajstić information content (AvgIpc) is 3.37. The molecule has 4 rings (SSSR count). The van der Waals surface area contributed by atoms with Gasteiger partial charge in [0.05, 0.1) is 12.3 Å². The summed E-state index contributed by atoms with van der Waals surface area (Å²) in [5, 5.41) is 0. The van der Waals surface area contributed by atoms with Crippen LogP contribution in [-0.2, 0) is 17.6 Å². The molecule has 1 aliphatic carbocycles. The molecular weight excluding hydrogens is 366 g/mol. The van der Waals surface area contributed by atoms with Gasteiger partial charge >= 0.3 is 0 Å². The van der Waals surface area contributed by atoms with E-state index in [1.54, 1.807) is 7.11 Å². The van der Waals surface area contributed by atoms with Gasteiger partial charge in [-0.1, -0.05) is 24.3 Å². The first-order valence-electron chi connectivity index (χ1n) is 10.6. The summed E-state index contributed by atoms with van der Waals surface area (Å²) in [7, 11) is 1.67. The molecule has 6 heteroatoms. The number of piperidine rings is 1. The van der Waals surface area contributed by atoms with Crippen molar-refractivity contribution in [2.24, 2.45) is 5.92 Å². The summed E-state index contributed by atoms with van der Waals surface area (Å²) in [5.74, 6) is 0.735. The number of hydrogen-bond acceptors (Lipinski definition) is 5.